The highest BCUT2D eigenvalue weighted by atomic mass is 16.5. The van der Waals surface area contributed by atoms with Crippen molar-refractivity contribution in [2.75, 3.05) is 0 Å². The number of aryl methyl sites for hydroxylation is 1. The van der Waals surface area contributed by atoms with Crippen molar-refractivity contribution in [2.24, 2.45) is 5.92 Å². The summed E-state index contributed by atoms with van der Waals surface area (Å²) in [4.78, 5) is 0. The average molecular weight is 234 g/mol. The molecule has 1 aliphatic heterocycles. The first-order valence-electron chi connectivity index (χ1n) is 6.47. The molecule has 2 nitrogen and oxygen atoms in total. The third kappa shape index (κ3) is 2.41. The smallest absolute Gasteiger partial charge is 0.126 e. The second-order valence-corrected chi connectivity index (χ2v) is 5.55. The quantitative estimate of drug-likeness (QED) is 0.844. The number of benzene rings is 1. The van der Waals surface area contributed by atoms with Gasteiger partial charge in [0.25, 0.3) is 0 Å². The molecule has 1 N–H and O–H groups in total. The van der Waals surface area contributed by atoms with Crippen molar-refractivity contribution < 1.29 is 9.84 Å². The molecule has 17 heavy (non-hydrogen) atoms. The summed E-state index contributed by atoms with van der Waals surface area (Å²) in [6.45, 7) is 8.44. The first kappa shape index (κ1) is 12.3. The van der Waals surface area contributed by atoms with Gasteiger partial charge < -0.3 is 9.84 Å². The molecule has 1 unspecified atom stereocenters. The van der Waals surface area contributed by atoms with E-state index in [4.69, 9.17) is 4.74 Å². The number of aromatic hydroxyl groups is 1. The Hall–Kier alpha value is -1.18. The number of rotatable bonds is 2. The molecule has 0 amide bonds. The third-order valence-corrected chi connectivity index (χ3v) is 3.56. The summed E-state index contributed by atoms with van der Waals surface area (Å²) in [5.74, 6) is 2.07. The lowest BCUT2D eigenvalue weighted by molar-refractivity contribution is 0.147. The molecule has 0 aromatic heterocycles. The van der Waals surface area contributed by atoms with Crippen molar-refractivity contribution in [1.82, 2.24) is 0 Å². The number of phenolic OH excluding ortho intramolecular Hbond substituents is 1. The Morgan fingerprint density at radius 2 is 2.12 bits per heavy atom. The second kappa shape index (κ2) is 4.59. The molecule has 1 aromatic carbocycles. The van der Waals surface area contributed by atoms with E-state index in [1.807, 2.05) is 19.9 Å². The summed E-state index contributed by atoms with van der Waals surface area (Å²) in [5.41, 5.74) is 3.23. The largest absolute Gasteiger partial charge is 0.508 e. The standard InChI is InChI=1S/C15H22O2/c1-9(2)7-12-5-6-13-11(4)14(16)8-10(3)15(13)17-12/h8-9,12,16H,5-7H2,1-4H3. The van der Waals surface area contributed by atoms with Gasteiger partial charge in [-0.25, -0.2) is 0 Å². The summed E-state index contributed by atoms with van der Waals surface area (Å²) in [6, 6.07) is 1.81. The minimum absolute atomic E-state index is 0.338. The predicted octanol–water partition coefficient (Wildman–Crippen LogP) is 3.75. The molecule has 1 aliphatic rings. The van der Waals surface area contributed by atoms with Gasteiger partial charge in [-0.05, 0) is 56.2 Å². The van der Waals surface area contributed by atoms with Gasteiger partial charge >= 0.3 is 0 Å². The minimum Gasteiger partial charge on any atom is -0.508 e. The molecule has 0 aliphatic carbocycles. The number of fused-ring (bicyclic) bond motifs is 1. The molecule has 1 aromatic rings. The first-order valence-corrected chi connectivity index (χ1v) is 6.47. The molecule has 2 heteroatoms. The van der Waals surface area contributed by atoms with E-state index in [1.165, 1.54) is 5.56 Å². The molecular formula is C15H22O2. The van der Waals surface area contributed by atoms with Gasteiger partial charge in [-0.1, -0.05) is 13.8 Å². The van der Waals surface area contributed by atoms with E-state index in [0.717, 1.165) is 36.1 Å². The van der Waals surface area contributed by atoms with Crippen LogP contribution in [0.1, 0.15) is 43.4 Å². The van der Waals surface area contributed by atoms with Gasteiger partial charge in [0.1, 0.15) is 11.5 Å². The van der Waals surface area contributed by atoms with Gasteiger partial charge in [-0.15, -0.1) is 0 Å². The highest BCUT2D eigenvalue weighted by Gasteiger charge is 2.24. The van der Waals surface area contributed by atoms with Crippen LogP contribution in [0.3, 0.4) is 0 Å². The number of phenols is 1. The van der Waals surface area contributed by atoms with Gasteiger partial charge in [-0.3, -0.25) is 0 Å². The zero-order chi connectivity index (χ0) is 12.6. The maximum atomic E-state index is 9.81. The molecule has 2 rings (SSSR count). The Morgan fingerprint density at radius 1 is 1.41 bits per heavy atom. The minimum atomic E-state index is 0.338. The van der Waals surface area contributed by atoms with Crippen LogP contribution in [0, 0.1) is 19.8 Å². The Morgan fingerprint density at radius 3 is 2.76 bits per heavy atom. The van der Waals surface area contributed by atoms with E-state index < -0.39 is 0 Å². The predicted molar refractivity (Wildman–Crippen MR) is 69.8 cm³/mol. The van der Waals surface area contributed by atoms with E-state index in [9.17, 15) is 5.11 Å². The van der Waals surface area contributed by atoms with E-state index in [-0.39, 0.29) is 0 Å². The van der Waals surface area contributed by atoms with Crippen molar-refractivity contribution in [3.63, 3.8) is 0 Å². The fourth-order valence-corrected chi connectivity index (χ4v) is 2.63. The fraction of sp³-hybridized carbons (Fsp3) is 0.600. The summed E-state index contributed by atoms with van der Waals surface area (Å²) in [6.07, 6.45) is 3.53. The van der Waals surface area contributed by atoms with Crippen LogP contribution in [0.25, 0.3) is 0 Å². The van der Waals surface area contributed by atoms with Crippen LogP contribution in [0.15, 0.2) is 6.07 Å². The van der Waals surface area contributed by atoms with Crippen LogP contribution in [-0.4, -0.2) is 11.2 Å². The third-order valence-electron chi connectivity index (χ3n) is 3.56. The van der Waals surface area contributed by atoms with Gasteiger partial charge in [0, 0.05) is 5.56 Å². The van der Waals surface area contributed by atoms with Crippen molar-refractivity contribution >= 4 is 0 Å². The monoisotopic (exact) mass is 234 g/mol. The van der Waals surface area contributed by atoms with Crippen molar-refractivity contribution in [1.29, 1.82) is 0 Å². The number of hydrogen-bond donors (Lipinski definition) is 1. The van der Waals surface area contributed by atoms with Gasteiger partial charge in [0.15, 0.2) is 0 Å². The summed E-state index contributed by atoms with van der Waals surface area (Å²) in [7, 11) is 0. The van der Waals surface area contributed by atoms with E-state index in [0.29, 0.717) is 17.8 Å². The first-order chi connectivity index (χ1) is 7.99. The van der Waals surface area contributed by atoms with Gasteiger partial charge in [0.05, 0.1) is 6.10 Å². The lowest BCUT2D eigenvalue weighted by atomic mass is 9.92. The van der Waals surface area contributed by atoms with Crippen LogP contribution < -0.4 is 4.74 Å². The summed E-state index contributed by atoms with van der Waals surface area (Å²) < 4.78 is 6.10. The van der Waals surface area contributed by atoms with Gasteiger partial charge in [-0.2, -0.15) is 0 Å². The summed E-state index contributed by atoms with van der Waals surface area (Å²) >= 11 is 0. The van der Waals surface area contributed by atoms with Crippen molar-refractivity contribution in [3.8, 4) is 11.5 Å². The molecule has 0 saturated heterocycles. The molecule has 0 spiro atoms. The summed E-state index contributed by atoms with van der Waals surface area (Å²) in [5, 5.41) is 9.81. The fourth-order valence-electron chi connectivity index (χ4n) is 2.63. The van der Waals surface area contributed by atoms with Gasteiger partial charge in [0.2, 0.25) is 0 Å². The SMILES string of the molecule is Cc1cc(O)c(C)c2c1OC(CC(C)C)CC2. The Bertz CT molecular complexity index is 421. The zero-order valence-corrected chi connectivity index (χ0v) is 11.2. The molecule has 1 heterocycles. The van der Waals surface area contributed by atoms with Crippen molar-refractivity contribution in [3.05, 3.63) is 22.8 Å². The molecule has 1 atom stereocenters. The lowest BCUT2D eigenvalue weighted by Gasteiger charge is -2.30. The average Bonchev–Trinajstić information content (AvgIpc) is 2.25. The number of hydrogen-bond acceptors (Lipinski definition) is 2. The Balaban J connectivity index is 2.29. The van der Waals surface area contributed by atoms with Crippen LogP contribution in [0.4, 0.5) is 0 Å². The maximum absolute atomic E-state index is 9.81. The molecule has 0 bridgehead atoms. The van der Waals surface area contributed by atoms with Crippen LogP contribution in [0.5, 0.6) is 11.5 Å². The Kier molecular flexibility index (Phi) is 3.32. The molecule has 0 saturated carbocycles. The molecule has 0 radical (unpaired) electrons. The molecule has 0 fully saturated rings. The lowest BCUT2D eigenvalue weighted by Crippen LogP contribution is -2.25. The molecular weight excluding hydrogens is 212 g/mol. The van der Waals surface area contributed by atoms with Crippen LogP contribution in [-0.2, 0) is 6.42 Å². The normalized spacial score (nSPS) is 19.0. The topological polar surface area (TPSA) is 29.5 Å². The Labute approximate surface area is 104 Å². The van der Waals surface area contributed by atoms with Crippen LogP contribution >= 0.6 is 0 Å². The zero-order valence-electron chi connectivity index (χ0n) is 11.2. The van der Waals surface area contributed by atoms with Crippen molar-refractivity contribution in [2.45, 2.75) is 53.1 Å². The van der Waals surface area contributed by atoms with E-state index in [2.05, 4.69) is 13.8 Å². The van der Waals surface area contributed by atoms with E-state index in [1.54, 1.807) is 0 Å². The maximum Gasteiger partial charge on any atom is 0.126 e. The number of ether oxygens (including phenoxy) is 1. The van der Waals surface area contributed by atoms with E-state index >= 15 is 0 Å². The molecule has 94 valence electrons. The second-order valence-electron chi connectivity index (χ2n) is 5.55. The highest BCUT2D eigenvalue weighted by Crippen LogP contribution is 2.38. The van der Waals surface area contributed by atoms with Crippen LogP contribution in [0.2, 0.25) is 0 Å². The highest BCUT2D eigenvalue weighted by molar-refractivity contribution is 5.53.